The van der Waals surface area contributed by atoms with E-state index in [0.29, 0.717) is 5.69 Å². The summed E-state index contributed by atoms with van der Waals surface area (Å²) in [6.07, 6.45) is 4.10. The molecule has 7 nitrogen and oxygen atoms in total. The molecule has 2 aromatic heterocycles. The predicted molar refractivity (Wildman–Crippen MR) is 70.8 cm³/mol. The van der Waals surface area contributed by atoms with E-state index in [0.717, 1.165) is 24.5 Å². The fourth-order valence-electron chi connectivity index (χ4n) is 2.55. The zero-order valence-corrected chi connectivity index (χ0v) is 11.0. The van der Waals surface area contributed by atoms with Crippen LogP contribution in [-0.4, -0.2) is 39.9 Å². The van der Waals surface area contributed by atoms with Crippen molar-refractivity contribution in [3.8, 4) is 6.07 Å². The van der Waals surface area contributed by atoms with Crippen LogP contribution >= 0.6 is 0 Å². The molecule has 1 saturated heterocycles. The van der Waals surface area contributed by atoms with E-state index in [2.05, 4.69) is 31.1 Å². The molecule has 0 spiro atoms. The number of methoxy groups -OCH3 is 1. The molecule has 0 aliphatic carbocycles. The summed E-state index contributed by atoms with van der Waals surface area (Å²) in [5.74, 6) is 0.805. The van der Waals surface area contributed by atoms with Crippen LogP contribution in [0, 0.1) is 11.3 Å². The number of anilines is 1. The molecule has 1 N–H and O–H groups in total. The van der Waals surface area contributed by atoms with Gasteiger partial charge in [-0.1, -0.05) is 0 Å². The highest BCUT2D eigenvalue weighted by molar-refractivity contribution is 5.51. The third-order valence-electron chi connectivity index (χ3n) is 3.54. The zero-order chi connectivity index (χ0) is 13.9. The van der Waals surface area contributed by atoms with E-state index in [-0.39, 0.29) is 12.1 Å². The molecule has 3 heterocycles. The number of hydrogen-bond acceptors (Lipinski definition) is 6. The number of nitrogens with one attached hydrogen (secondary N) is 1. The molecule has 2 aromatic rings. The minimum absolute atomic E-state index is 0.0661. The van der Waals surface area contributed by atoms with E-state index in [1.807, 2.05) is 6.07 Å². The van der Waals surface area contributed by atoms with Gasteiger partial charge in [0.2, 0.25) is 0 Å². The predicted octanol–water partition coefficient (Wildman–Crippen LogP) is 1.04. The molecule has 0 amide bonds. The maximum Gasteiger partial charge on any atom is 0.147 e. The van der Waals surface area contributed by atoms with Crippen LogP contribution in [0.4, 0.5) is 5.69 Å². The summed E-state index contributed by atoms with van der Waals surface area (Å²) < 4.78 is 5.46. The summed E-state index contributed by atoms with van der Waals surface area (Å²) in [5.41, 5.74) is 1.34. The smallest absolute Gasteiger partial charge is 0.147 e. The molecule has 0 saturated carbocycles. The topological polar surface area (TPSA) is 90.7 Å². The van der Waals surface area contributed by atoms with Crippen molar-refractivity contribution in [1.29, 1.82) is 5.26 Å². The molecular formula is C13H14N6O. The first-order valence-electron chi connectivity index (χ1n) is 6.32. The van der Waals surface area contributed by atoms with Crippen LogP contribution in [0.25, 0.3) is 0 Å². The lowest BCUT2D eigenvalue weighted by atomic mass is 10.2. The highest BCUT2D eigenvalue weighted by atomic mass is 16.5. The van der Waals surface area contributed by atoms with E-state index in [4.69, 9.17) is 10.00 Å². The Kier molecular flexibility index (Phi) is 3.31. The summed E-state index contributed by atoms with van der Waals surface area (Å²) in [4.78, 5) is 10.4. The Balaban J connectivity index is 1.94. The maximum atomic E-state index is 8.97. The number of rotatable bonds is 3. The second-order valence-electron chi connectivity index (χ2n) is 4.64. The average molecular weight is 270 g/mol. The third-order valence-corrected chi connectivity index (χ3v) is 3.54. The van der Waals surface area contributed by atoms with Gasteiger partial charge in [0, 0.05) is 32.0 Å². The summed E-state index contributed by atoms with van der Waals surface area (Å²) in [7, 11) is 1.71. The number of nitrogens with zero attached hydrogens (tertiary/aromatic N) is 5. The summed E-state index contributed by atoms with van der Waals surface area (Å²) in [6.45, 7) is 0.747. The number of aromatic amines is 1. The van der Waals surface area contributed by atoms with Gasteiger partial charge in [0.05, 0.1) is 12.1 Å². The normalized spacial score (nSPS) is 21.9. The van der Waals surface area contributed by atoms with Crippen molar-refractivity contribution in [2.24, 2.45) is 0 Å². The molecule has 1 aliphatic rings. The summed E-state index contributed by atoms with van der Waals surface area (Å²) in [6, 6.07) is 5.80. The standard InChI is InChI=1S/C13H14N6O/c1-20-11-5-12(13-16-8-17-18-13)19(7-11)10-2-3-15-9(4-10)6-14/h2-4,8,11-12H,5,7H2,1H3,(H,16,17,18)/t11-,12+/m1/s1. The molecule has 0 unspecified atom stereocenters. The number of aromatic nitrogens is 4. The molecular weight excluding hydrogens is 256 g/mol. The van der Waals surface area contributed by atoms with E-state index in [9.17, 15) is 0 Å². The van der Waals surface area contributed by atoms with Gasteiger partial charge in [-0.3, -0.25) is 5.10 Å². The Morgan fingerprint density at radius 1 is 1.50 bits per heavy atom. The van der Waals surface area contributed by atoms with Gasteiger partial charge >= 0.3 is 0 Å². The molecule has 3 rings (SSSR count). The van der Waals surface area contributed by atoms with Crippen molar-refractivity contribution in [3.05, 3.63) is 36.2 Å². The molecule has 20 heavy (non-hydrogen) atoms. The molecule has 0 aromatic carbocycles. The highest BCUT2D eigenvalue weighted by Crippen LogP contribution is 2.35. The highest BCUT2D eigenvalue weighted by Gasteiger charge is 2.35. The first-order chi connectivity index (χ1) is 9.81. The van der Waals surface area contributed by atoms with Crippen LogP contribution in [0.3, 0.4) is 0 Å². The molecule has 102 valence electrons. The monoisotopic (exact) mass is 270 g/mol. The molecule has 1 aliphatic heterocycles. The fraction of sp³-hybridized carbons (Fsp3) is 0.385. The van der Waals surface area contributed by atoms with Crippen molar-refractivity contribution in [1.82, 2.24) is 20.2 Å². The number of ether oxygens (including phenoxy) is 1. The van der Waals surface area contributed by atoms with Crippen LogP contribution in [0.1, 0.15) is 24.0 Å². The Hall–Kier alpha value is -2.46. The lowest BCUT2D eigenvalue weighted by Gasteiger charge is -2.24. The van der Waals surface area contributed by atoms with Crippen molar-refractivity contribution in [3.63, 3.8) is 0 Å². The largest absolute Gasteiger partial charge is 0.380 e. The van der Waals surface area contributed by atoms with Gasteiger partial charge in [0.1, 0.15) is 23.9 Å². The van der Waals surface area contributed by atoms with E-state index in [1.165, 1.54) is 6.33 Å². The Morgan fingerprint density at radius 3 is 3.10 bits per heavy atom. The van der Waals surface area contributed by atoms with Gasteiger partial charge in [-0.25, -0.2) is 9.97 Å². The zero-order valence-electron chi connectivity index (χ0n) is 11.0. The van der Waals surface area contributed by atoms with Gasteiger partial charge < -0.3 is 9.64 Å². The molecule has 7 heteroatoms. The lowest BCUT2D eigenvalue weighted by Crippen LogP contribution is -2.25. The van der Waals surface area contributed by atoms with Crippen molar-refractivity contribution in [2.45, 2.75) is 18.6 Å². The molecule has 0 radical (unpaired) electrons. The first kappa shape index (κ1) is 12.6. The lowest BCUT2D eigenvalue weighted by molar-refractivity contribution is 0.118. The molecule has 1 fully saturated rings. The number of pyridine rings is 1. The van der Waals surface area contributed by atoms with E-state index >= 15 is 0 Å². The van der Waals surface area contributed by atoms with Gasteiger partial charge in [-0.15, -0.1) is 0 Å². The first-order valence-corrected chi connectivity index (χ1v) is 6.32. The Bertz CT molecular complexity index is 620. The van der Waals surface area contributed by atoms with Crippen LogP contribution in [-0.2, 0) is 4.74 Å². The average Bonchev–Trinajstić information content (AvgIpc) is 3.15. The van der Waals surface area contributed by atoms with Gasteiger partial charge in [0.25, 0.3) is 0 Å². The quantitative estimate of drug-likeness (QED) is 0.896. The minimum atomic E-state index is 0.0661. The SMILES string of the molecule is CO[C@@H]1C[C@@H](c2ncn[nH]2)N(c2ccnc(C#N)c2)C1. The second kappa shape index (κ2) is 5.27. The Labute approximate surface area is 116 Å². The van der Waals surface area contributed by atoms with Crippen molar-refractivity contribution in [2.75, 3.05) is 18.6 Å². The minimum Gasteiger partial charge on any atom is -0.380 e. The van der Waals surface area contributed by atoms with Crippen LogP contribution in [0.2, 0.25) is 0 Å². The number of H-pyrrole nitrogens is 1. The molecule has 2 atom stereocenters. The number of hydrogen-bond donors (Lipinski definition) is 1. The summed E-state index contributed by atoms with van der Waals surface area (Å²) in [5, 5.41) is 15.8. The summed E-state index contributed by atoms with van der Waals surface area (Å²) >= 11 is 0. The number of nitriles is 1. The Morgan fingerprint density at radius 2 is 2.40 bits per heavy atom. The molecule has 0 bridgehead atoms. The third kappa shape index (κ3) is 2.21. The van der Waals surface area contributed by atoms with Gasteiger partial charge in [0.15, 0.2) is 0 Å². The van der Waals surface area contributed by atoms with Crippen LogP contribution in [0.5, 0.6) is 0 Å². The van der Waals surface area contributed by atoms with Crippen LogP contribution in [0.15, 0.2) is 24.7 Å². The second-order valence-corrected chi connectivity index (χ2v) is 4.64. The van der Waals surface area contributed by atoms with Gasteiger partial charge in [-0.2, -0.15) is 10.4 Å². The van der Waals surface area contributed by atoms with E-state index < -0.39 is 0 Å². The maximum absolute atomic E-state index is 8.97. The van der Waals surface area contributed by atoms with Gasteiger partial charge in [-0.05, 0) is 12.1 Å². The van der Waals surface area contributed by atoms with Crippen LogP contribution < -0.4 is 4.90 Å². The van der Waals surface area contributed by atoms with E-state index in [1.54, 1.807) is 19.4 Å². The van der Waals surface area contributed by atoms with Crippen molar-refractivity contribution < 1.29 is 4.74 Å². The van der Waals surface area contributed by atoms with Crippen molar-refractivity contribution >= 4 is 5.69 Å². The fourth-order valence-corrected chi connectivity index (χ4v) is 2.55.